The van der Waals surface area contributed by atoms with Crippen LogP contribution in [0.15, 0.2) is 41.1 Å². The van der Waals surface area contributed by atoms with Gasteiger partial charge in [0.05, 0.1) is 27.5 Å². The quantitative estimate of drug-likeness (QED) is 0.901. The number of halogens is 2. The fourth-order valence-corrected chi connectivity index (χ4v) is 1.92. The van der Waals surface area contributed by atoms with Gasteiger partial charge in [0.2, 0.25) is 0 Å². The third kappa shape index (κ3) is 2.83. The summed E-state index contributed by atoms with van der Waals surface area (Å²) in [6, 6.07) is 5.50. The van der Waals surface area contributed by atoms with Crippen molar-refractivity contribution in [1.82, 2.24) is 4.98 Å². The Bertz CT molecular complexity index is 691. The van der Waals surface area contributed by atoms with Crippen molar-refractivity contribution in [3.63, 3.8) is 0 Å². The van der Waals surface area contributed by atoms with E-state index in [-0.39, 0.29) is 21.3 Å². The predicted molar refractivity (Wildman–Crippen MR) is 73.2 cm³/mol. The van der Waals surface area contributed by atoms with Crippen LogP contribution in [-0.4, -0.2) is 22.0 Å². The molecule has 102 valence electrons. The Hall–Kier alpha value is -2.28. The fraction of sp³-hybridized carbons (Fsp3) is 0. The molecular weight excluding hydrogens is 331 g/mol. The number of benzene rings is 1. The molecule has 0 fully saturated rings. The summed E-state index contributed by atoms with van der Waals surface area (Å²) in [5.74, 6) is -2.68. The fourth-order valence-electron chi connectivity index (χ4n) is 1.55. The first-order valence-corrected chi connectivity index (χ1v) is 6.22. The second-order valence-corrected chi connectivity index (χ2v) is 4.64. The molecule has 1 heterocycles. The lowest BCUT2D eigenvalue weighted by Crippen LogP contribution is -2.16. The van der Waals surface area contributed by atoms with Crippen molar-refractivity contribution in [3.8, 4) is 0 Å². The molecule has 0 saturated carbocycles. The first-order chi connectivity index (χ1) is 9.50. The van der Waals surface area contributed by atoms with E-state index in [0.29, 0.717) is 0 Å². The largest absolute Gasteiger partial charge is 0.478 e. The van der Waals surface area contributed by atoms with E-state index < -0.39 is 17.7 Å². The normalized spacial score (nSPS) is 10.1. The standard InChI is InChI=1S/C13H8BrFN2O3/c14-9-3-1-2-8(11(9)15)12(18)17-10-6-16-5-4-7(10)13(19)20/h1-6H,(H,17,18)(H,19,20). The highest BCUT2D eigenvalue weighted by Gasteiger charge is 2.17. The van der Waals surface area contributed by atoms with Crippen LogP contribution in [0.25, 0.3) is 0 Å². The Kier molecular flexibility index (Phi) is 4.09. The van der Waals surface area contributed by atoms with Gasteiger partial charge in [-0.15, -0.1) is 0 Å². The number of rotatable bonds is 3. The van der Waals surface area contributed by atoms with E-state index in [2.05, 4.69) is 26.2 Å². The molecule has 0 radical (unpaired) electrons. The highest BCUT2D eigenvalue weighted by Crippen LogP contribution is 2.20. The van der Waals surface area contributed by atoms with Crippen LogP contribution in [0.3, 0.4) is 0 Å². The van der Waals surface area contributed by atoms with Gasteiger partial charge in [-0.3, -0.25) is 9.78 Å². The predicted octanol–water partition coefficient (Wildman–Crippen LogP) is 2.93. The van der Waals surface area contributed by atoms with Crippen LogP contribution in [0.2, 0.25) is 0 Å². The van der Waals surface area contributed by atoms with Crippen LogP contribution in [0, 0.1) is 5.82 Å². The average Bonchev–Trinajstić information content (AvgIpc) is 2.42. The Morgan fingerprint density at radius 2 is 2.00 bits per heavy atom. The summed E-state index contributed by atoms with van der Waals surface area (Å²) in [5.41, 5.74) is -0.312. The molecule has 0 unspecified atom stereocenters. The van der Waals surface area contributed by atoms with Crippen molar-refractivity contribution in [3.05, 3.63) is 58.1 Å². The number of nitrogens with one attached hydrogen (secondary N) is 1. The summed E-state index contributed by atoms with van der Waals surface area (Å²) >= 11 is 2.98. The Labute approximate surface area is 121 Å². The van der Waals surface area contributed by atoms with Gasteiger partial charge < -0.3 is 10.4 Å². The summed E-state index contributed by atoms with van der Waals surface area (Å²) in [4.78, 5) is 26.7. The van der Waals surface area contributed by atoms with Crippen molar-refractivity contribution < 1.29 is 19.1 Å². The molecule has 0 aliphatic heterocycles. The lowest BCUT2D eigenvalue weighted by atomic mass is 10.1. The zero-order valence-electron chi connectivity index (χ0n) is 9.93. The molecule has 1 aromatic heterocycles. The third-order valence-electron chi connectivity index (χ3n) is 2.50. The van der Waals surface area contributed by atoms with Crippen molar-refractivity contribution in [2.24, 2.45) is 0 Å². The van der Waals surface area contributed by atoms with Crippen molar-refractivity contribution in [2.75, 3.05) is 5.32 Å². The zero-order chi connectivity index (χ0) is 14.7. The maximum Gasteiger partial charge on any atom is 0.337 e. The van der Waals surface area contributed by atoms with Crippen molar-refractivity contribution in [1.29, 1.82) is 0 Å². The zero-order valence-corrected chi connectivity index (χ0v) is 11.5. The molecule has 20 heavy (non-hydrogen) atoms. The summed E-state index contributed by atoms with van der Waals surface area (Å²) in [5, 5.41) is 11.3. The molecular formula is C13H8BrFN2O3. The lowest BCUT2D eigenvalue weighted by Gasteiger charge is -2.08. The minimum absolute atomic E-state index is 0.00405. The molecule has 1 amide bonds. The summed E-state index contributed by atoms with van der Waals surface area (Å²) in [6.45, 7) is 0. The maximum atomic E-state index is 13.8. The van der Waals surface area contributed by atoms with Crippen LogP contribution in [0.1, 0.15) is 20.7 Å². The van der Waals surface area contributed by atoms with E-state index >= 15 is 0 Å². The van der Waals surface area contributed by atoms with E-state index in [1.165, 1.54) is 36.7 Å². The number of carbonyl (C=O) groups is 2. The number of hydrogen-bond acceptors (Lipinski definition) is 3. The van der Waals surface area contributed by atoms with E-state index in [4.69, 9.17) is 5.11 Å². The topological polar surface area (TPSA) is 79.3 Å². The molecule has 5 nitrogen and oxygen atoms in total. The number of hydrogen-bond donors (Lipinski definition) is 2. The van der Waals surface area contributed by atoms with Gasteiger partial charge >= 0.3 is 5.97 Å². The van der Waals surface area contributed by atoms with Crippen LogP contribution in [0.4, 0.5) is 10.1 Å². The van der Waals surface area contributed by atoms with Crippen LogP contribution >= 0.6 is 15.9 Å². The molecule has 2 N–H and O–H groups in total. The second-order valence-electron chi connectivity index (χ2n) is 3.78. The van der Waals surface area contributed by atoms with Gasteiger partial charge in [-0.1, -0.05) is 6.07 Å². The van der Waals surface area contributed by atoms with Gasteiger partial charge in [0.25, 0.3) is 5.91 Å². The minimum Gasteiger partial charge on any atom is -0.478 e. The molecule has 1 aromatic carbocycles. The maximum absolute atomic E-state index is 13.8. The number of carboxylic acid groups (broad SMARTS) is 1. The monoisotopic (exact) mass is 338 g/mol. The van der Waals surface area contributed by atoms with E-state index in [9.17, 15) is 14.0 Å². The number of anilines is 1. The van der Waals surface area contributed by atoms with E-state index in [0.717, 1.165) is 0 Å². The second kappa shape index (κ2) is 5.79. The number of aromatic carboxylic acids is 1. The van der Waals surface area contributed by atoms with Gasteiger partial charge in [-0.25, -0.2) is 9.18 Å². The number of amides is 1. The highest BCUT2D eigenvalue weighted by molar-refractivity contribution is 9.10. The number of nitrogens with zero attached hydrogens (tertiary/aromatic N) is 1. The molecule has 0 spiro atoms. The van der Waals surface area contributed by atoms with Crippen LogP contribution in [-0.2, 0) is 0 Å². The van der Waals surface area contributed by atoms with Gasteiger partial charge in [-0.05, 0) is 34.1 Å². The SMILES string of the molecule is O=C(O)c1ccncc1NC(=O)c1cccc(Br)c1F. The Morgan fingerprint density at radius 3 is 2.70 bits per heavy atom. The molecule has 7 heteroatoms. The Balaban J connectivity index is 2.33. The lowest BCUT2D eigenvalue weighted by molar-refractivity contribution is 0.0698. The number of pyridine rings is 1. The third-order valence-corrected chi connectivity index (χ3v) is 3.11. The molecule has 2 rings (SSSR count). The number of carboxylic acids is 1. The highest BCUT2D eigenvalue weighted by atomic mass is 79.9. The van der Waals surface area contributed by atoms with Crippen molar-refractivity contribution >= 4 is 33.5 Å². The summed E-state index contributed by atoms with van der Waals surface area (Å²) in [6.07, 6.45) is 2.48. The van der Waals surface area contributed by atoms with Gasteiger partial charge in [0, 0.05) is 6.20 Å². The minimum atomic E-state index is -1.21. The van der Waals surface area contributed by atoms with Crippen LogP contribution < -0.4 is 5.32 Å². The number of carbonyl (C=O) groups excluding carboxylic acids is 1. The van der Waals surface area contributed by atoms with Gasteiger partial charge in [0.15, 0.2) is 0 Å². The van der Waals surface area contributed by atoms with Gasteiger partial charge in [-0.2, -0.15) is 0 Å². The Morgan fingerprint density at radius 1 is 1.25 bits per heavy atom. The van der Waals surface area contributed by atoms with Crippen molar-refractivity contribution in [2.45, 2.75) is 0 Å². The molecule has 0 aliphatic rings. The molecule has 0 bridgehead atoms. The first-order valence-electron chi connectivity index (χ1n) is 5.43. The van der Waals surface area contributed by atoms with E-state index in [1.54, 1.807) is 0 Å². The molecule has 0 saturated heterocycles. The van der Waals surface area contributed by atoms with Crippen LogP contribution in [0.5, 0.6) is 0 Å². The van der Waals surface area contributed by atoms with Gasteiger partial charge in [0.1, 0.15) is 5.82 Å². The molecule has 0 atom stereocenters. The molecule has 0 aliphatic carbocycles. The summed E-state index contributed by atoms with van der Waals surface area (Å²) in [7, 11) is 0. The summed E-state index contributed by atoms with van der Waals surface area (Å²) < 4.78 is 13.9. The smallest absolute Gasteiger partial charge is 0.337 e. The molecule has 2 aromatic rings. The average molecular weight is 339 g/mol. The van der Waals surface area contributed by atoms with E-state index in [1.807, 2.05) is 0 Å². The first kappa shape index (κ1) is 14.1. The number of aromatic nitrogens is 1.